The molecule has 2 aliphatic heterocycles. The minimum absolute atomic E-state index is 0.0650. The van der Waals surface area contributed by atoms with Gasteiger partial charge in [0.1, 0.15) is 6.54 Å². The van der Waals surface area contributed by atoms with Crippen LogP contribution in [-0.2, 0) is 9.59 Å². The van der Waals surface area contributed by atoms with Crippen molar-refractivity contribution in [3.05, 3.63) is 35.4 Å². The van der Waals surface area contributed by atoms with Crippen molar-refractivity contribution in [3.63, 3.8) is 0 Å². The van der Waals surface area contributed by atoms with Crippen LogP contribution in [0.15, 0.2) is 24.3 Å². The molecule has 3 rings (SSSR count). The Hall–Kier alpha value is -2.41. The van der Waals surface area contributed by atoms with Gasteiger partial charge in [-0.1, -0.05) is 12.1 Å². The van der Waals surface area contributed by atoms with Gasteiger partial charge < -0.3 is 10.2 Å². The second-order valence-electron chi connectivity index (χ2n) is 6.76. The molecule has 0 radical (unpaired) electrons. The highest BCUT2D eigenvalue weighted by Crippen LogP contribution is 2.22. The van der Waals surface area contributed by atoms with E-state index in [0.717, 1.165) is 4.90 Å². The maximum atomic E-state index is 12.3. The average molecular weight is 392 g/mol. The fourth-order valence-corrected chi connectivity index (χ4v) is 3.58. The number of nitrogens with one attached hydrogen (secondary N) is 1. The first kappa shape index (κ1) is 19.4. The standard InChI is InChI=1S/C19H22ClN3O4/c20-9-3-6-17(25)22-10-7-13(8-11-22)21-16(24)12-23-18(26)14-4-1-2-5-15(14)19(23)27/h1-2,4-5,13H,3,6-12H2,(H,21,24). The summed E-state index contributed by atoms with van der Waals surface area (Å²) in [5.74, 6) is -0.686. The largest absolute Gasteiger partial charge is 0.352 e. The SMILES string of the molecule is O=C(CN1C(=O)c2ccccc2C1=O)NC1CCN(C(=O)CCCCl)CC1. The molecule has 0 unspecified atom stereocenters. The molecule has 2 heterocycles. The number of piperidine rings is 1. The Balaban J connectivity index is 1.48. The smallest absolute Gasteiger partial charge is 0.262 e. The Morgan fingerprint density at radius 1 is 1.07 bits per heavy atom. The van der Waals surface area contributed by atoms with E-state index in [2.05, 4.69) is 5.32 Å². The molecule has 1 N–H and O–H groups in total. The van der Waals surface area contributed by atoms with Gasteiger partial charge in [0.2, 0.25) is 11.8 Å². The molecule has 1 aromatic carbocycles. The molecule has 0 aromatic heterocycles. The van der Waals surface area contributed by atoms with Crippen LogP contribution in [0.1, 0.15) is 46.4 Å². The first-order valence-electron chi connectivity index (χ1n) is 9.09. The second kappa shape index (κ2) is 8.52. The highest BCUT2D eigenvalue weighted by Gasteiger charge is 2.36. The molecule has 2 aliphatic rings. The highest BCUT2D eigenvalue weighted by atomic mass is 35.5. The van der Waals surface area contributed by atoms with E-state index in [-0.39, 0.29) is 24.4 Å². The summed E-state index contributed by atoms with van der Waals surface area (Å²) in [4.78, 5) is 51.7. The van der Waals surface area contributed by atoms with Crippen LogP contribution in [0.4, 0.5) is 0 Å². The fourth-order valence-electron chi connectivity index (χ4n) is 3.45. The van der Waals surface area contributed by atoms with Gasteiger partial charge in [-0.3, -0.25) is 24.1 Å². The van der Waals surface area contributed by atoms with Gasteiger partial charge in [-0.05, 0) is 31.4 Å². The Kier molecular flexibility index (Phi) is 6.11. The van der Waals surface area contributed by atoms with Gasteiger partial charge in [0, 0.05) is 31.4 Å². The molecule has 1 aromatic rings. The van der Waals surface area contributed by atoms with E-state index in [9.17, 15) is 19.2 Å². The number of likely N-dealkylation sites (tertiary alicyclic amines) is 1. The summed E-state index contributed by atoms with van der Waals surface area (Å²) in [6, 6.07) is 6.49. The number of fused-ring (bicyclic) bond motifs is 1. The summed E-state index contributed by atoms with van der Waals surface area (Å²) >= 11 is 5.61. The summed E-state index contributed by atoms with van der Waals surface area (Å²) in [6.07, 6.45) is 2.42. The van der Waals surface area contributed by atoms with Crippen molar-refractivity contribution in [1.82, 2.24) is 15.1 Å². The van der Waals surface area contributed by atoms with Crippen LogP contribution in [0.3, 0.4) is 0 Å². The number of hydrogen-bond donors (Lipinski definition) is 1. The van der Waals surface area contributed by atoms with Crippen LogP contribution in [0.25, 0.3) is 0 Å². The van der Waals surface area contributed by atoms with E-state index in [1.165, 1.54) is 0 Å². The number of nitrogens with zero attached hydrogens (tertiary/aromatic N) is 2. The van der Waals surface area contributed by atoms with Crippen molar-refractivity contribution in [2.24, 2.45) is 0 Å². The number of benzene rings is 1. The topological polar surface area (TPSA) is 86.8 Å². The zero-order valence-electron chi connectivity index (χ0n) is 14.9. The monoisotopic (exact) mass is 391 g/mol. The van der Waals surface area contributed by atoms with E-state index < -0.39 is 11.8 Å². The van der Waals surface area contributed by atoms with E-state index in [1.807, 2.05) is 0 Å². The molecule has 0 saturated carbocycles. The zero-order valence-corrected chi connectivity index (χ0v) is 15.7. The number of carbonyl (C=O) groups excluding carboxylic acids is 4. The van der Waals surface area contributed by atoms with Crippen LogP contribution < -0.4 is 5.32 Å². The molecule has 4 amide bonds. The number of hydrogen-bond acceptors (Lipinski definition) is 4. The van der Waals surface area contributed by atoms with Gasteiger partial charge in [0.25, 0.3) is 11.8 Å². The number of carbonyl (C=O) groups is 4. The lowest BCUT2D eigenvalue weighted by molar-refractivity contribution is -0.132. The lowest BCUT2D eigenvalue weighted by Crippen LogP contribution is -2.49. The van der Waals surface area contributed by atoms with E-state index in [0.29, 0.717) is 55.8 Å². The van der Waals surface area contributed by atoms with Crippen LogP contribution in [0.5, 0.6) is 0 Å². The van der Waals surface area contributed by atoms with Gasteiger partial charge in [-0.15, -0.1) is 11.6 Å². The van der Waals surface area contributed by atoms with Gasteiger partial charge in [-0.25, -0.2) is 0 Å². The maximum absolute atomic E-state index is 12.3. The number of imide groups is 1. The minimum atomic E-state index is -0.439. The summed E-state index contributed by atoms with van der Waals surface area (Å²) in [5, 5.41) is 2.87. The molecular formula is C19H22ClN3O4. The Morgan fingerprint density at radius 2 is 1.67 bits per heavy atom. The van der Waals surface area contributed by atoms with Crippen molar-refractivity contribution in [2.45, 2.75) is 31.7 Å². The predicted octanol–water partition coefficient (Wildman–Crippen LogP) is 1.41. The van der Waals surface area contributed by atoms with Crippen LogP contribution in [0, 0.1) is 0 Å². The van der Waals surface area contributed by atoms with Crippen molar-refractivity contribution in [1.29, 1.82) is 0 Å². The first-order chi connectivity index (χ1) is 13.0. The zero-order chi connectivity index (χ0) is 19.4. The number of halogens is 1. The molecule has 144 valence electrons. The Bertz CT molecular complexity index is 724. The van der Waals surface area contributed by atoms with Gasteiger partial charge in [-0.2, -0.15) is 0 Å². The first-order valence-corrected chi connectivity index (χ1v) is 9.63. The quantitative estimate of drug-likeness (QED) is 0.586. The fraction of sp³-hybridized carbons (Fsp3) is 0.474. The van der Waals surface area contributed by atoms with E-state index in [1.54, 1.807) is 29.2 Å². The van der Waals surface area contributed by atoms with Crippen molar-refractivity contribution < 1.29 is 19.2 Å². The normalized spacial score (nSPS) is 17.2. The second-order valence-corrected chi connectivity index (χ2v) is 7.14. The number of amides is 4. The molecule has 1 saturated heterocycles. The van der Waals surface area contributed by atoms with Crippen LogP contribution in [0.2, 0.25) is 0 Å². The highest BCUT2D eigenvalue weighted by molar-refractivity contribution is 6.22. The maximum Gasteiger partial charge on any atom is 0.262 e. The summed E-state index contributed by atoms with van der Waals surface area (Å²) in [6.45, 7) is 0.874. The minimum Gasteiger partial charge on any atom is -0.352 e. The molecule has 8 heteroatoms. The average Bonchev–Trinajstić information content (AvgIpc) is 2.92. The van der Waals surface area contributed by atoms with E-state index >= 15 is 0 Å². The molecule has 7 nitrogen and oxygen atoms in total. The molecular weight excluding hydrogens is 370 g/mol. The molecule has 0 spiro atoms. The summed E-state index contributed by atoms with van der Waals surface area (Å²) < 4.78 is 0. The van der Waals surface area contributed by atoms with Gasteiger partial charge >= 0.3 is 0 Å². The Morgan fingerprint density at radius 3 is 2.22 bits per heavy atom. The Labute approximate surface area is 162 Å². The van der Waals surface area contributed by atoms with Crippen LogP contribution >= 0.6 is 11.6 Å². The van der Waals surface area contributed by atoms with E-state index in [4.69, 9.17) is 11.6 Å². The molecule has 0 bridgehead atoms. The molecule has 27 heavy (non-hydrogen) atoms. The van der Waals surface area contributed by atoms with Crippen molar-refractivity contribution in [2.75, 3.05) is 25.5 Å². The van der Waals surface area contributed by atoms with Crippen molar-refractivity contribution >= 4 is 35.2 Å². The lowest BCUT2D eigenvalue weighted by atomic mass is 10.0. The molecule has 1 fully saturated rings. The van der Waals surface area contributed by atoms with Crippen LogP contribution in [-0.4, -0.2) is 65.0 Å². The molecule has 0 aliphatic carbocycles. The third-order valence-corrected chi connectivity index (χ3v) is 5.18. The van der Waals surface area contributed by atoms with Crippen molar-refractivity contribution in [3.8, 4) is 0 Å². The summed E-state index contributed by atoms with van der Waals surface area (Å²) in [5.41, 5.74) is 0.665. The van der Waals surface area contributed by atoms with Gasteiger partial charge in [0.05, 0.1) is 11.1 Å². The summed E-state index contributed by atoms with van der Waals surface area (Å²) in [7, 11) is 0. The third kappa shape index (κ3) is 4.30. The third-order valence-electron chi connectivity index (χ3n) is 4.92. The lowest BCUT2D eigenvalue weighted by Gasteiger charge is -2.32. The number of rotatable bonds is 6. The van der Waals surface area contributed by atoms with Gasteiger partial charge in [0.15, 0.2) is 0 Å². The predicted molar refractivity (Wildman–Crippen MR) is 99.5 cm³/mol. The molecule has 0 atom stereocenters. The number of alkyl halides is 1.